The van der Waals surface area contributed by atoms with E-state index < -0.39 is 0 Å². The van der Waals surface area contributed by atoms with Gasteiger partial charge < -0.3 is 9.84 Å². The summed E-state index contributed by atoms with van der Waals surface area (Å²) in [7, 11) is 1.77. The maximum absolute atomic E-state index is 9.09. The Morgan fingerprint density at radius 3 is 2.19 bits per heavy atom. The van der Waals surface area contributed by atoms with Crippen LogP contribution in [0.25, 0.3) is 0 Å². The lowest BCUT2D eigenvalue weighted by Crippen LogP contribution is -2.56. The first-order valence-corrected chi connectivity index (χ1v) is 7.79. The van der Waals surface area contributed by atoms with E-state index in [2.05, 4.69) is 35.8 Å². The average Bonchev–Trinajstić information content (AvgIpc) is 2.47. The van der Waals surface area contributed by atoms with E-state index in [4.69, 9.17) is 9.84 Å². The third kappa shape index (κ3) is 4.51. The quantitative estimate of drug-likeness (QED) is 0.866. The average molecular weight is 292 g/mol. The number of rotatable bonds is 6. The number of nitrogens with zero attached hydrogens (tertiary/aromatic N) is 2. The van der Waals surface area contributed by atoms with E-state index in [0.29, 0.717) is 12.1 Å². The molecule has 0 bridgehead atoms. The fourth-order valence-electron chi connectivity index (χ4n) is 3.24. The monoisotopic (exact) mass is 292 g/mol. The van der Waals surface area contributed by atoms with E-state index in [-0.39, 0.29) is 6.61 Å². The standard InChI is InChI=1S/C17H28N2O2/c1-14-10-18(11-15(2)19(14)8-9-21-3)12-16-4-6-17(13-20)7-5-16/h4-7,14-15,20H,8-13H2,1-3H3. The van der Waals surface area contributed by atoms with Gasteiger partial charge >= 0.3 is 0 Å². The summed E-state index contributed by atoms with van der Waals surface area (Å²) >= 11 is 0. The van der Waals surface area contributed by atoms with Gasteiger partial charge in [-0.25, -0.2) is 0 Å². The van der Waals surface area contributed by atoms with Crippen molar-refractivity contribution >= 4 is 0 Å². The Labute approximate surface area is 128 Å². The summed E-state index contributed by atoms with van der Waals surface area (Å²) in [5.74, 6) is 0. The fourth-order valence-corrected chi connectivity index (χ4v) is 3.24. The Balaban J connectivity index is 1.90. The molecule has 1 heterocycles. The highest BCUT2D eigenvalue weighted by molar-refractivity contribution is 5.22. The normalized spacial score (nSPS) is 24.4. The highest BCUT2D eigenvalue weighted by Gasteiger charge is 2.28. The lowest BCUT2D eigenvalue weighted by atomic mass is 10.1. The van der Waals surface area contributed by atoms with Gasteiger partial charge in [0.2, 0.25) is 0 Å². The fraction of sp³-hybridized carbons (Fsp3) is 0.647. The second kappa shape index (κ2) is 7.90. The van der Waals surface area contributed by atoms with Crippen molar-refractivity contribution in [2.24, 2.45) is 0 Å². The molecule has 2 atom stereocenters. The summed E-state index contributed by atoms with van der Waals surface area (Å²) in [5.41, 5.74) is 2.29. The maximum atomic E-state index is 9.09. The van der Waals surface area contributed by atoms with E-state index in [1.54, 1.807) is 7.11 Å². The van der Waals surface area contributed by atoms with Crippen molar-refractivity contribution in [1.29, 1.82) is 0 Å². The zero-order chi connectivity index (χ0) is 15.2. The summed E-state index contributed by atoms with van der Waals surface area (Å²) in [5, 5.41) is 9.09. The van der Waals surface area contributed by atoms with Crippen LogP contribution in [0.5, 0.6) is 0 Å². The predicted octanol–water partition coefficient (Wildman–Crippen LogP) is 1.72. The summed E-state index contributed by atoms with van der Waals surface area (Å²) in [6, 6.07) is 9.38. The lowest BCUT2D eigenvalue weighted by molar-refractivity contribution is 0.0179. The van der Waals surface area contributed by atoms with E-state index in [0.717, 1.165) is 38.3 Å². The van der Waals surface area contributed by atoms with Crippen LogP contribution >= 0.6 is 0 Å². The predicted molar refractivity (Wildman–Crippen MR) is 85.1 cm³/mol. The third-order valence-electron chi connectivity index (χ3n) is 4.34. The highest BCUT2D eigenvalue weighted by atomic mass is 16.5. The summed E-state index contributed by atoms with van der Waals surface area (Å²) in [4.78, 5) is 5.06. The zero-order valence-electron chi connectivity index (χ0n) is 13.5. The van der Waals surface area contributed by atoms with Crippen molar-refractivity contribution in [3.05, 3.63) is 35.4 Å². The molecule has 118 valence electrons. The summed E-state index contributed by atoms with van der Waals surface area (Å²) in [6.07, 6.45) is 0. The number of hydrogen-bond donors (Lipinski definition) is 1. The number of hydrogen-bond acceptors (Lipinski definition) is 4. The Morgan fingerprint density at radius 1 is 1.10 bits per heavy atom. The molecule has 0 aliphatic carbocycles. The summed E-state index contributed by atoms with van der Waals surface area (Å²) in [6.45, 7) is 9.70. The highest BCUT2D eigenvalue weighted by Crippen LogP contribution is 2.18. The molecule has 1 aliphatic heterocycles. The molecule has 2 unspecified atom stereocenters. The second-order valence-electron chi connectivity index (χ2n) is 6.10. The van der Waals surface area contributed by atoms with Gasteiger partial charge in [0.25, 0.3) is 0 Å². The van der Waals surface area contributed by atoms with Crippen LogP contribution in [0, 0.1) is 0 Å². The van der Waals surface area contributed by atoms with Crippen LogP contribution in [0.1, 0.15) is 25.0 Å². The Morgan fingerprint density at radius 2 is 1.67 bits per heavy atom. The zero-order valence-corrected chi connectivity index (χ0v) is 13.5. The van der Waals surface area contributed by atoms with Crippen LogP contribution in [0.3, 0.4) is 0 Å². The number of aliphatic hydroxyl groups is 1. The molecule has 21 heavy (non-hydrogen) atoms. The van der Waals surface area contributed by atoms with Gasteiger partial charge in [-0.2, -0.15) is 0 Å². The van der Waals surface area contributed by atoms with Crippen LogP contribution < -0.4 is 0 Å². The van der Waals surface area contributed by atoms with Crippen LogP contribution in [-0.2, 0) is 17.9 Å². The molecule has 0 radical (unpaired) electrons. The largest absolute Gasteiger partial charge is 0.392 e. The molecule has 2 rings (SSSR count). The molecule has 1 aliphatic rings. The molecule has 0 saturated carbocycles. The third-order valence-corrected chi connectivity index (χ3v) is 4.34. The second-order valence-corrected chi connectivity index (χ2v) is 6.10. The Hall–Kier alpha value is -0.940. The molecule has 1 aromatic carbocycles. The van der Waals surface area contributed by atoms with Gasteiger partial charge in [0, 0.05) is 45.4 Å². The topological polar surface area (TPSA) is 35.9 Å². The summed E-state index contributed by atoms with van der Waals surface area (Å²) < 4.78 is 5.21. The van der Waals surface area contributed by atoms with Crippen molar-refractivity contribution < 1.29 is 9.84 Å². The van der Waals surface area contributed by atoms with Gasteiger partial charge in [0.1, 0.15) is 0 Å². The van der Waals surface area contributed by atoms with Gasteiger partial charge in [-0.05, 0) is 25.0 Å². The smallest absolute Gasteiger partial charge is 0.0681 e. The number of methoxy groups -OCH3 is 1. The van der Waals surface area contributed by atoms with Crippen LogP contribution in [0.4, 0.5) is 0 Å². The maximum Gasteiger partial charge on any atom is 0.0681 e. The molecule has 1 aromatic rings. The van der Waals surface area contributed by atoms with Crippen molar-refractivity contribution in [2.45, 2.75) is 39.1 Å². The van der Waals surface area contributed by atoms with Crippen molar-refractivity contribution in [1.82, 2.24) is 9.80 Å². The number of benzene rings is 1. The van der Waals surface area contributed by atoms with Gasteiger partial charge in [-0.1, -0.05) is 24.3 Å². The van der Waals surface area contributed by atoms with Crippen LogP contribution in [0.2, 0.25) is 0 Å². The van der Waals surface area contributed by atoms with E-state index in [9.17, 15) is 0 Å². The molecular formula is C17H28N2O2. The van der Waals surface area contributed by atoms with Gasteiger partial charge in [-0.3, -0.25) is 9.80 Å². The molecule has 0 spiro atoms. The number of aliphatic hydroxyl groups excluding tert-OH is 1. The lowest BCUT2D eigenvalue weighted by Gasteiger charge is -2.44. The van der Waals surface area contributed by atoms with Crippen LogP contribution in [-0.4, -0.2) is 60.3 Å². The molecule has 1 fully saturated rings. The van der Waals surface area contributed by atoms with E-state index in [1.165, 1.54) is 5.56 Å². The van der Waals surface area contributed by atoms with Crippen molar-refractivity contribution in [3.8, 4) is 0 Å². The molecule has 4 heteroatoms. The SMILES string of the molecule is COCCN1C(C)CN(Cc2ccc(CO)cc2)CC1C. The molecular weight excluding hydrogens is 264 g/mol. The van der Waals surface area contributed by atoms with Gasteiger partial charge in [0.05, 0.1) is 13.2 Å². The Kier molecular flexibility index (Phi) is 6.18. The number of piperazine rings is 1. The molecule has 0 aromatic heterocycles. The molecule has 4 nitrogen and oxygen atoms in total. The first kappa shape index (κ1) is 16.4. The molecule has 1 saturated heterocycles. The Bertz CT molecular complexity index is 409. The van der Waals surface area contributed by atoms with E-state index >= 15 is 0 Å². The minimum atomic E-state index is 0.118. The van der Waals surface area contributed by atoms with Crippen molar-refractivity contribution in [3.63, 3.8) is 0 Å². The van der Waals surface area contributed by atoms with E-state index in [1.807, 2.05) is 12.1 Å². The molecule has 0 amide bonds. The minimum absolute atomic E-state index is 0.118. The van der Waals surface area contributed by atoms with Crippen molar-refractivity contribution in [2.75, 3.05) is 33.4 Å². The molecule has 1 N–H and O–H groups in total. The van der Waals surface area contributed by atoms with Gasteiger partial charge in [-0.15, -0.1) is 0 Å². The first-order chi connectivity index (χ1) is 10.1. The van der Waals surface area contributed by atoms with Crippen LogP contribution in [0.15, 0.2) is 24.3 Å². The number of ether oxygens (including phenoxy) is 1. The first-order valence-electron chi connectivity index (χ1n) is 7.79. The van der Waals surface area contributed by atoms with Gasteiger partial charge in [0.15, 0.2) is 0 Å². The minimum Gasteiger partial charge on any atom is -0.392 e.